The number of carbonyl (C=O) groups excluding carboxylic acids is 2. The SMILES string of the molecule is C=CCOc1cccc([C@@H]2C(=C(O)c3ccc(OCCC)cc3)C(=O)C(=O)N2c2nnc(C)s2)c1. The fourth-order valence-corrected chi connectivity index (χ4v) is 4.46. The van der Waals surface area contributed by atoms with E-state index in [1.165, 1.54) is 16.2 Å². The van der Waals surface area contributed by atoms with Gasteiger partial charge in [-0.15, -0.1) is 10.2 Å². The van der Waals surface area contributed by atoms with Crippen LogP contribution in [-0.4, -0.2) is 40.2 Å². The first-order valence-corrected chi connectivity index (χ1v) is 11.9. The van der Waals surface area contributed by atoms with Gasteiger partial charge in [0.1, 0.15) is 28.9 Å². The molecule has 0 unspecified atom stereocenters. The van der Waals surface area contributed by atoms with E-state index in [9.17, 15) is 14.7 Å². The number of aryl methyl sites for hydroxylation is 1. The molecule has 1 atom stereocenters. The molecule has 1 aliphatic heterocycles. The number of anilines is 1. The van der Waals surface area contributed by atoms with Gasteiger partial charge in [0, 0.05) is 5.56 Å². The van der Waals surface area contributed by atoms with Crippen LogP contribution in [0.3, 0.4) is 0 Å². The minimum absolute atomic E-state index is 0.0362. The van der Waals surface area contributed by atoms with E-state index in [1.54, 1.807) is 61.5 Å². The van der Waals surface area contributed by atoms with Crippen molar-refractivity contribution in [2.24, 2.45) is 0 Å². The molecular formula is C26H25N3O5S. The number of carbonyl (C=O) groups is 2. The molecule has 0 spiro atoms. The molecule has 3 aromatic rings. The first-order chi connectivity index (χ1) is 16.9. The molecule has 1 aliphatic rings. The molecule has 2 aromatic carbocycles. The Morgan fingerprint density at radius 1 is 1.14 bits per heavy atom. The Morgan fingerprint density at radius 3 is 2.57 bits per heavy atom. The van der Waals surface area contributed by atoms with Crippen molar-refractivity contribution < 1.29 is 24.2 Å². The fraction of sp³-hybridized carbons (Fsp3) is 0.231. The highest BCUT2D eigenvalue weighted by Gasteiger charge is 2.48. The first-order valence-electron chi connectivity index (χ1n) is 11.1. The Kier molecular flexibility index (Phi) is 7.26. The number of hydrogen-bond acceptors (Lipinski definition) is 8. The lowest BCUT2D eigenvalue weighted by molar-refractivity contribution is -0.132. The number of benzene rings is 2. The highest BCUT2D eigenvalue weighted by atomic mass is 32.1. The van der Waals surface area contributed by atoms with Gasteiger partial charge in [-0.1, -0.05) is 43.0 Å². The first kappa shape index (κ1) is 24.2. The van der Waals surface area contributed by atoms with Crippen LogP contribution in [0.4, 0.5) is 5.13 Å². The summed E-state index contributed by atoms with van der Waals surface area (Å²) >= 11 is 1.19. The van der Waals surface area contributed by atoms with E-state index in [0.29, 0.717) is 40.8 Å². The number of ether oxygens (including phenoxy) is 2. The molecule has 1 aromatic heterocycles. The number of aromatic nitrogens is 2. The molecule has 1 saturated heterocycles. The molecule has 0 bridgehead atoms. The summed E-state index contributed by atoms with van der Waals surface area (Å²) < 4.78 is 11.3. The maximum Gasteiger partial charge on any atom is 0.301 e. The van der Waals surface area contributed by atoms with Gasteiger partial charge >= 0.3 is 5.91 Å². The summed E-state index contributed by atoms with van der Waals surface area (Å²) in [6, 6.07) is 12.9. The third-order valence-electron chi connectivity index (χ3n) is 5.31. The van der Waals surface area contributed by atoms with Crippen LogP contribution in [0.1, 0.15) is 35.5 Å². The Labute approximate surface area is 207 Å². The van der Waals surface area contributed by atoms with Crippen LogP contribution in [0.2, 0.25) is 0 Å². The highest BCUT2D eigenvalue weighted by molar-refractivity contribution is 7.15. The quantitative estimate of drug-likeness (QED) is 0.198. The van der Waals surface area contributed by atoms with Gasteiger partial charge in [-0.2, -0.15) is 0 Å². The smallest absolute Gasteiger partial charge is 0.301 e. The van der Waals surface area contributed by atoms with E-state index >= 15 is 0 Å². The zero-order valence-corrected chi connectivity index (χ0v) is 20.2. The molecule has 8 nitrogen and oxygen atoms in total. The van der Waals surface area contributed by atoms with Crippen molar-refractivity contribution >= 4 is 33.9 Å². The molecule has 2 heterocycles. The van der Waals surface area contributed by atoms with Crippen molar-refractivity contribution in [3.63, 3.8) is 0 Å². The van der Waals surface area contributed by atoms with Crippen molar-refractivity contribution in [3.05, 3.63) is 82.9 Å². The van der Waals surface area contributed by atoms with Crippen molar-refractivity contribution in [1.82, 2.24) is 10.2 Å². The van der Waals surface area contributed by atoms with Crippen LogP contribution >= 0.6 is 11.3 Å². The van der Waals surface area contributed by atoms with Crippen LogP contribution in [0.15, 0.2) is 66.8 Å². The molecule has 4 rings (SSSR count). The number of amides is 1. The largest absolute Gasteiger partial charge is 0.507 e. The number of hydrogen-bond donors (Lipinski definition) is 1. The second-order valence-corrected chi connectivity index (χ2v) is 8.98. The van der Waals surface area contributed by atoms with Crippen LogP contribution < -0.4 is 14.4 Å². The number of rotatable bonds is 9. The molecule has 180 valence electrons. The number of aliphatic hydroxyl groups is 1. The van der Waals surface area contributed by atoms with E-state index in [-0.39, 0.29) is 16.5 Å². The Balaban J connectivity index is 1.83. The molecule has 1 fully saturated rings. The summed E-state index contributed by atoms with van der Waals surface area (Å²) in [6.07, 6.45) is 2.49. The van der Waals surface area contributed by atoms with Gasteiger partial charge in [-0.25, -0.2) is 0 Å². The van der Waals surface area contributed by atoms with E-state index < -0.39 is 17.7 Å². The van der Waals surface area contributed by atoms with Gasteiger partial charge in [-0.3, -0.25) is 14.5 Å². The van der Waals surface area contributed by atoms with Gasteiger partial charge in [0.05, 0.1) is 18.2 Å². The summed E-state index contributed by atoms with van der Waals surface area (Å²) in [7, 11) is 0. The van der Waals surface area contributed by atoms with Crippen molar-refractivity contribution in [2.75, 3.05) is 18.1 Å². The average molecular weight is 492 g/mol. The van der Waals surface area contributed by atoms with E-state index in [2.05, 4.69) is 16.8 Å². The topological polar surface area (TPSA) is 102 Å². The van der Waals surface area contributed by atoms with E-state index in [4.69, 9.17) is 9.47 Å². The third-order valence-corrected chi connectivity index (χ3v) is 6.15. The monoisotopic (exact) mass is 491 g/mol. The maximum absolute atomic E-state index is 13.2. The second-order valence-electron chi connectivity index (χ2n) is 7.82. The summed E-state index contributed by atoms with van der Waals surface area (Å²) in [6.45, 7) is 8.30. The average Bonchev–Trinajstić information content (AvgIpc) is 3.41. The lowest BCUT2D eigenvalue weighted by Crippen LogP contribution is -2.29. The number of Topliss-reactive ketones (excluding diaryl/α,β-unsaturated/α-hetero) is 1. The molecule has 9 heteroatoms. The van der Waals surface area contributed by atoms with E-state index in [0.717, 1.165) is 6.42 Å². The number of ketones is 1. The minimum Gasteiger partial charge on any atom is -0.507 e. The standard InChI is InChI=1S/C26H25N3O5S/c1-4-13-33-19-11-9-17(10-12-19)23(30)21-22(18-7-6-8-20(15-18)34-14-5-2)29(25(32)24(21)31)26-28-27-16(3)35-26/h5-12,15,22,30H,2,4,13-14H2,1,3H3/t22-/m1/s1. The molecule has 0 radical (unpaired) electrons. The van der Waals surface area contributed by atoms with Crippen LogP contribution in [-0.2, 0) is 9.59 Å². The molecule has 35 heavy (non-hydrogen) atoms. The summed E-state index contributed by atoms with van der Waals surface area (Å²) in [5.41, 5.74) is 0.943. The maximum atomic E-state index is 13.2. The molecule has 1 amide bonds. The van der Waals surface area contributed by atoms with Crippen molar-refractivity contribution in [1.29, 1.82) is 0 Å². The van der Waals surface area contributed by atoms with E-state index in [1.807, 2.05) is 6.92 Å². The Bertz CT molecular complexity index is 1280. The lowest BCUT2D eigenvalue weighted by atomic mass is 9.95. The fourth-order valence-electron chi connectivity index (χ4n) is 3.74. The normalized spacial score (nSPS) is 17.0. The van der Waals surface area contributed by atoms with Crippen LogP contribution in [0, 0.1) is 6.92 Å². The van der Waals surface area contributed by atoms with Gasteiger partial charge in [0.15, 0.2) is 0 Å². The summed E-state index contributed by atoms with van der Waals surface area (Å²) in [4.78, 5) is 27.7. The van der Waals surface area contributed by atoms with Crippen molar-refractivity contribution in [2.45, 2.75) is 26.3 Å². The minimum atomic E-state index is -0.911. The van der Waals surface area contributed by atoms with Gasteiger partial charge in [0.2, 0.25) is 5.13 Å². The zero-order chi connectivity index (χ0) is 24.9. The molecule has 0 aliphatic carbocycles. The van der Waals surface area contributed by atoms with Crippen molar-refractivity contribution in [3.8, 4) is 11.5 Å². The van der Waals surface area contributed by atoms with Gasteiger partial charge < -0.3 is 14.6 Å². The third kappa shape index (κ3) is 4.95. The zero-order valence-electron chi connectivity index (χ0n) is 19.4. The molecular weight excluding hydrogens is 466 g/mol. The van der Waals surface area contributed by atoms with Crippen LogP contribution in [0.5, 0.6) is 11.5 Å². The Morgan fingerprint density at radius 2 is 1.91 bits per heavy atom. The van der Waals surface area contributed by atoms with Gasteiger partial charge in [0.25, 0.3) is 5.78 Å². The predicted molar refractivity (Wildman–Crippen MR) is 134 cm³/mol. The highest BCUT2D eigenvalue weighted by Crippen LogP contribution is 2.43. The number of aliphatic hydroxyl groups excluding tert-OH is 1. The summed E-state index contributed by atoms with van der Waals surface area (Å²) in [5.74, 6) is -0.677. The second kappa shape index (κ2) is 10.5. The Hall–Kier alpha value is -3.98. The van der Waals surface area contributed by atoms with Crippen LogP contribution in [0.25, 0.3) is 5.76 Å². The summed E-state index contributed by atoms with van der Waals surface area (Å²) in [5, 5.41) is 20.3. The predicted octanol–water partition coefficient (Wildman–Crippen LogP) is 4.83. The van der Waals surface area contributed by atoms with Gasteiger partial charge in [-0.05, 0) is 55.3 Å². The molecule has 1 N–H and O–H groups in total. The molecule has 0 saturated carbocycles. The number of nitrogens with zero attached hydrogens (tertiary/aromatic N) is 3. The lowest BCUT2D eigenvalue weighted by Gasteiger charge is -2.23.